The largest absolute Gasteiger partial charge is 0.455 e. The van der Waals surface area contributed by atoms with E-state index in [1.807, 2.05) is 26.0 Å². The van der Waals surface area contributed by atoms with Crippen LogP contribution in [0.2, 0.25) is 0 Å². The van der Waals surface area contributed by atoms with E-state index in [-0.39, 0.29) is 5.84 Å². The minimum Gasteiger partial charge on any atom is -0.455 e. The summed E-state index contributed by atoms with van der Waals surface area (Å²) in [6, 6.07) is 7.35. The molecule has 0 saturated carbocycles. The standard InChI is InChI=1S/C14H14BrN3O/c1-8-6-10(7-9(2)12(8)15)19-11-4-3-5-18-13(11)14(16)17/h3-7H,1-2H3,(H3,16,17). The Hall–Kier alpha value is -1.88. The van der Waals surface area contributed by atoms with E-state index < -0.39 is 0 Å². The number of nitrogens with one attached hydrogen (secondary N) is 1. The zero-order valence-corrected chi connectivity index (χ0v) is 12.3. The van der Waals surface area contributed by atoms with Gasteiger partial charge in [-0.15, -0.1) is 0 Å². The molecule has 0 unspecified atom stereocenters. The zero-order chi connectivity index (χ0) is 14.0. The summed E-state index contributed by atoms with van der Waals surface area (Å²) in [6.07, 6.45) is 1.58. The van der Waals surface area contributed by atoms with Crippen LogP contribution in [-0.4, -0.2) is 10.8 Å². The first-order valence-corrected chi connectivity index (χ1v) is 6.52. The molecule has 19 heavy (non-hydrogen) atoms. The first kappa shape index (κ1) is 13.5. The van der Waals surface area contributed by atoms with E-state index in [1.54, 1.807) is 18.3 Å². The van der Waals surface area contributed by atoms with Gasteiger partial charge in [-0.2, -0.15) is 0 Å². The second-order valence-corrected chi connectivity index (χ2v) is 5.03. The third-order valence-electron chi connectivity index (χ3n) is 2.66. The highest BCUT2D eigenvalue weighted by Gasteiger charge is 2.10. The predicted molar refractivity (Wildman–Crippen MR) is 78.9 cm³/mol. The van der Waals surface area contributed by atoms with Crippen LogP contribution < -0.4 is 10.5 Å². The minimum atomic E-state index is -0.110. The summed E-state index contributed by atoms with van der Waals surface area (Å²) in [5.74, 6) is 1.07. The van der Waals surface area contributed by atoms with E-state index >= 15 is 0 Å². The van der Waals surface area contributed by atoms with E-state index in [2.05, 4.69) is 20.9 Å². The molecule has 0 amide bonds. The maximum absolute atomic E-state index is 7.49. The van der Waals surface area contributed by atoms with E-state index in [0.29, 0.717) is 17.2 Å². The molecule has 2 aromatic rings. The molecule has 0 aliphatic rings. The van der Waals surface area contributed by atoms with Gasteiger partial charge in [-0.05, 0) is 49.2 Å². The highest BCUT2D eigenvalue weighted by molar-refractivity contribution is 9.10. The fraction of sp³-hybridized carbons (Fsp3) is 0.143. The van der Waals surface area contributed by atoms with Crippen LogP contribution in [0.3, 0.4) is 0 Å². The Bertz CT molecular complexity index is 617. The Kier molecular flexibility index (Phi) is 3.85. The number of nitrogens with two attached hydrogens (primary N) is 1. The molecule has 2 rings (SSSR count). The molecule has 5 heteroatoms. The average molecular weight is 320 g/mol. The summed E-state index contributed by atoms with van der Waals surface area (Å²) in [6.45, 7) is 4.00. The van der Waals surface area contributed by atoms with E-state index in [0.717, 1.165) is 15.6 Å². The molecule has 0 fully saturated rings. The lowest BCUT2D eigenvalue weighted by molar-refractivity contribution is 0.478. The zero-order valence-electron chi connectivity index (χ0n) is 10.7. The van der Waals surface area contributed by atoms with Crippen molar-refractivity contribution >= 4 is 21.8 Å². The van der Waals surface area contributed by atoms with Crippen molar-refractivity contribution in [3.63, 3.8) is 0 Å². The second-order valence-electron chi connectivity index (χ2n) is 4.24. The lowest BCUT2D eigenvalue weighted by Crippen LogP contribution is -2.14. The van der Waals surface area contributed by atoms with Crippen molar-refractivity contribution < 1.29 is 4.74 Å². The number of amidine groups is 1. The van der Waals surface area contributed by atoms with Gasteiger partial charge in [-0.25, -0.2) is 4.98 Å². The van der Waals surface area contributed by atoms with Gasteiger partial charge in [-0.3, -0.25) is 5.41 Å². The molecule has 4 nitrogen and oxygen atoms in total. The number of aromatic nitrogens is 1. The van der Waals surface area contributed by atoms with Crippen molar-refractivity contribution in [2.45, 2.75) is 13.8 Å². The van der Waals surface area contributed by atoms with Gasteiger partial charge in [0, 0.05) is 10.7 Å². The Labute approximate surface area is 120 Å². The summed E-state index contributed by atoms with van der Waals surface area (Å²) in [7, 11) is 0. The van der Waals surface area contributed by atoms with Gasteiger partial charge in [0.2, 0.25) is 0 Å². The highest BCUT2D eigenvalue weighted by atomic mass is 79.9. The fourth-order valence-electron chi connectivity index (χ4n) is 1.77. The Balaban J connectivity index is 2.39. The maximum atomic E-state index is 7.49. The lowest BCUT2D eigenvalue weighted by atomic mass is 10.1. The minimum absolute atomic E-state index is 0.110. The van der Waals surface area contributed by atoms with Crippen molar-refractivity contribution in [2.75, 3.05) is 0 Å². The van der Waals surface area contributed by atoms with Gasteiger partial charge in [0.15, 0.2) is 5.75 Å². The molecule has 0 atom stereocenters. The summed E-state index contributed by atoms with van der Waals surface area (Å²) in [5.41, 5.74) is 8.01. The summed E-state index contributed by atoms with van der Waals surface area (Å²) in [4.78, 5) is 4.05. The van der Waals surface area contributed by atoms with Crippen molar-refractivity contribution in [3.05, 3.63) is 51.8 Å². The first-order valence-electron chi connectivity index (χ1n) is 5.73. The molecular formula is C14H14BrN3O. The highest BCUT2D eigenvalue weighted by Crippen LogP contribution is 2.30. The van der Waals surface area contributed by atoms with Crippen LogP contribution in [0.4, 0.5) is 0 Å². The van der Waals surface area contributed by atoms with Crippen molar-refractivity contribution in [2.24, 2.45) is 5.73 Å². The Morgan fingerprint density at radius 3 is 2.53 bits per heavy atom. The molecular weight excluding hydrogens is 306 g/mol. The number of halogens is 1. The summed E-state index contributed by atoms with van der Waals surface area (Å²) < 4.78 is 6.85. The normalized spacial score (nSPS) is 10.3. The Morgan fingerprint density at radius 1 is 1.32 bits per heavy atom. The van der Waals surface area contributed by atoms with Crippen LogP contribution in [0.25, 0.3) is 0 Å². The molecule has 1 aromatic carbocycles. The van der Waals surface area contributed by atoms with Crippen molar-refractivity contribution in [1.29, 1.82) is 5.41 Å². The number of hydrogen-bond donors (Lipinski definition) is 2. The number of nitrogens with zero attached hydrogens (tertiary/aromatic N) is 1. The number of nitrogen functional groups attached to an aromatic ring is 1. The molecule has 1 heterocycles. The Morgan fingerprint density at radius 2 is 1.95 bits per heavy atom. The number of hydrogen-bond acceptors (Lipinski definition) is 3. The van der Waals surface area contributed by atoms with Crippen LogP contribution in [0.5, 0.6) is 11.5 Å². The van der Waals surface area contributed by atoms with Gasteiger partial charge >= 0.3 is 0 Å². The van der Waals surface area contributed by atoms with Crippen LogP contribution in [0.1, 0.15) is 16.8 Å². The van der Waals surface area contributed by atoms with Gasteiger partial charge in [0.25, 0.3) is 0 Å². The SMILES string of the molecule is Cc1cc(Oc2cccnc2C(=N)N)cc(C)c1Br. The number of ether oxygens (including phenoxy) is 1. The summed E-state index contributed by atoms with van der Waals surface area (Å²) in [5, 5.41) is 7.49. The monoisotopic (exact) mass is 319 g/mol. The van der Waals surface area contributed by atoms with Crippen LogP contribution in [0, 0.1) is 19.3 Å². The molecule has 98 valence electrons. The van der Waals surface area contributed by atoms with Crippen molar-refractivity contribution in [3.8, 4) is 11.5 Å². The molecule has 0 bridgehead atoms. The number of aryl methyl sites for hydroxylation is 2. The average Bonchev–Trinajstić information content (AvgIpc) is 2.36. The van der Waals surface area contributed by atoms with Crippen LogP contribution in [0.15, 0.2) is 34.9 Å². The molecule has 1 aromatic heterocycles. The smallest absolute Gasteiger partial charge is 0.156 e. The van der Waals surface area contributed by atoms with E-state index in [9.17, 15) is 0 Å². The molecule has 0 aliphatic carbocycles. The van der Waals surface area contributed by atoms with E-state index in [4.69, 9.17) is 15.9 Å². The van der Waals surface area contributed by atoms with Gasteiger partial charge in [0.1, 0.15) is 17.3 Å². The molecule has 0 radical (unpaired) electrons. The first-order chi connectivity index (χ1) is 8.99. The third kappa shape index (κ3) is 2.93. The molecule has 0 aliphatic heterocycles. The molecule has 0 saturated heterocycles. The van der Waals surface area contributed by atoms with Crippen molar-refractivity contribution in [1.82, 2.24) is 4.98 Å². The van der Waals surface area contributed by atoms with Crippen LogP contribution in [-0.2, 0) is 0 Å². The maximum Gasteiger partial charge on any atom is 0.156 e. The van der Waals surface area contributed by atoms with Gasteiger partial charge < -0.3 is 10.5 Å². The van der Waals surface area contributed by atoms with E-state index in [1.165, 1.54) is 0 Å². The number of benzene rings is 1. The lowest BCUT2D eigenvalue weighted by Gasteiger charge is -2.11. The number of pyridine rings is 1. The summed E-state index contributed by atoms with van der Waals surface area (Å²) >= 11 is 3.51. The predicted octanol–water partition coefficient (Wildman–Crippen LogP) is 3.54. The topological polar surface area (TPSA) is 72.0 Å². The molecule has 0 spiro atoms. The fourth-order valence-corrected chi connectivity index (χ4v) is 2.00. The second kappa shape index (κ2) is 5.40. The van der Waals surface area contributed by atoms with Gasteiger partial charge in [0.05, 0.1) is 0 Å². The van der Waals surface area contributed by atoms with Gasteiger partial charge in [-0.1, -0.05) is 15.9 Å². The third-order valence-corrected chi connectivity index (χ3v) is 3.91. The quantitative estimate of drug-likeness (QED) is 0.671. The van der Waals surface area contributed by atoms with Crippen LogP contribution >= 0.6 is 15.9 Å². The molecule has 3 N–H and O–H groups in total. The number of rotatable bonds is 3.